The Bertz CT molecular complexity index is 433. The fourth-order valence-electron chi connectivity index (χ4n) is 3.55. The zero-order chi connectivity index (χ0) is 15.2. The number of nitrogens with zero attached hydrogens (tertiary/aromatic N) is 1. The molecule has 0 saturated carbocycles. The Morgan fingerprint density at radius 1 is 1.33 bits per heavy atom. The first kappa shape index (κ1) is 16.3. The molecule has 21 heavy (non-hydrogen) atoms. The summed E-state index contributed by atoms with van der Waals surface area (Å²) in [6.45, 7) is 6.74. The van der Waals surface area contributed by atoms with Crippen molar-refractivity contribution in [2.45, 2.75) is 51.6 Å². The molecule has 0 aliphatic carbocycles. The second kappa shape index (κ2) is 7.81. The van der Waals surface area contributed by atoms with Crippen LogP contribution in [0.5, 0.6) is 5.75 Å². The lowest BCUT2D eigenvalue weighted by molar-refractivity contribution is 0.180. The summed E-state index contributed by atoms with van der Waals surface area (Å²) in [5.74, 6) is 1.80. The highest BCUT2D eigenvalue weighted by Crippen LogP contribution is 2.30. The minimum Gasteiger partial charge on any atom is -0.497 e. The molecule has 1 aliphatic heterocycles. The molecule has 2 N–H and O–H groups in total. The molecule has 1 fully saturated rings. The van der Waals surface area contributed by atoms with Gasteiger partial charge in [-0.3, -0.25) is 4.90 Å². The van der Waals surface area contributed by atoms with Crippen LogP contribution in [0.2, 0.25) is 0 Å². The molecule has 0 aromatic heterocycles. The van der Waals surface area contributed by atoms with Crippen LogP contribution in [-0.4, -0.2) is 31.1 Å². The average molecular weight is 290 g/mol. The van der Waals surface area contributed by atoms with Gasteiger partial charge in [-0.05, 0) is 62.9 Å². The van der Waals surface area contributed by atoms with Crippen molar-refractivity contribution in [2.24, 2.45) is 11.7 Å². The van der Waals surface area contributed by atoms with Crippen LogP contribution in [0.25, 0.3) is 0 Å². The summed E-state index contributed by atoms with van der Waals surface area (Å²) >= 11 is 0. The average Bonchev–Trinajstić information content (AvgIpc) is 2.73. The lowest BCUT2D eigenvalue weighted by Crippen LogP contribution is -2.40. The van der Waals surface area contributed by atoms with Crippen molar-refractivity contribution in [1.29, 1.82) is 0 Å². The van der Waals surface area contributed by atoms with Gasteiger partial charge in [-0.25, -0.2) is 0 Å². The topological polar surface area (TPSA) is 38.5 Å². The van der Waals surface area contributed by atoms with Crippen molar-refractivity contribution in [3.05, 3.63) is 29.8 Å². The first-order valence-electron chi connectivity index (χ1n) is 8.29. The van der Waals surface area contributed by atoms with Gasteiger partial charge in [-0.1, -0.05) is 25.5 Å². The summed E-state index contributed by atoms with van der Waals surface area (Å²) in [5.41, 5.74) is 7.60. The SMILES string of the molecule is CCC1CCCN(C(c2cccc(OC)c2)C(C)N)CC1. The van der Waals surface area contributed by atoms with E-state index < -0.39 is 0 Å². The number of benzene rings is 1. The second-order valence-electron chi connectivity index (χ2n) is 6.32. The van der Waals surface area contributed by atoms with E-state index in [0.717, 1.165) is 24.8 Å². The van der Waals surface area contributed by atoms with Gasteiger partial charge in [0.25, 0.3) is 0 Å². The third-order valence-corrected chi connectivity index (χ3v) is 4.79. The van der Waals surface area contributed by atoms with Crippen molar-refractivity contribution in [1.82, 2.24) is 4.90 Å². The number of likely N-dealkylation sites (tertiary alicyclic amines) is 1. The van der Waals surface area contributed by atoms with Crippen LogP contribution < -0.4 is 10.5 Å². The molecule has 0 radical (unpaired) electrons. The highest BCUT2D eigenvalue weighted by atomic mass is 16.5. The van der Waals surface area contributed by atoms with E-state index in [1.165, 1.54) is 31.2 Å². The molecule has 2 rings (SSSR count). The van der Waals surface area contributed by atoms with E-state index >= 15 is 0 Å². The number of nitrogens with two attached hydrogens (primary N) is 1. The Hall–Kier alpha value is -1.06. The molecule has 3 heteroatoms. The third kappa shape index (κ3) is 4.21. The molecule has 0 bridgehead atoms. The van der Waals surface area contributed by atoms with Crippen LogP contribution in [0.3, 0.4) is 0 Å². The number of hydrogen-bond donors (Lipinski definition) is 1. The molecule has 0 amide bonds. The monoisotopic (exact) mass is 290 g/mol. The molecule has 1 heterocycles. The maximum atomic E-state index is 6.33. The largest absolute Gasteiger partial charge is 0.497 e. The van der Waals surface area contributed by atoms with Gasteiger partial charge in [0.2, 0.25) is 0 Å². The van der Waals surface area contributed by atoms with Crippen LogP contribution in [0.1, 0.15) is 51.1 Å². The predicted octanol–water partition coefficient (Wildman–Crippen LogP) is 3.60. The van der Waals surface area contributed by atoms with Gasteiger partial charge < -0.3 is 10.5 Å². The molecule has 3 nitrogen and oxygen atoms in total. The van der Waals surface area contributed by atoms with E-state index in [0.29, 0.717) is 0 Å². The Labute approximate surface area is 129 Å². The predicted molar refractivity (Wildman–Crippen MR) is 88.6 cm³/mol. The van der Waals surface area contributed by atoms with Crippen molar-refractivity contribution < 1.29 is 4.74 Å². The standard InChI is InChI=1S/C18H30N2O/c1-4-15-7-6-11-20(12-10-15)18(14(2)19)16-8-5-9-17(13-16)21-3/h5,8-9,13-15,18H,4,6-7,10-12,19H2,1-3H3. The molecular formula is C18H30N2O. The minimum atomic E-state index is 0.121. The summed E-state index contributed by atoms with van der Waals surface area (Å²) in [6.07, 6.45) is 5.24. The second-order valence-corrected chi connectivity index (χ2v) is 6.32. The number of methoxy groups -OCH3 is 1. The van der Waals surface area contributed by atoms with E-state index in [4.69, 9.17) is 10.5 Å². The maximum Gasteiger partial charge on any atom is 0.119 e. The smallest absolute Gasteiger partial charge is 0.119 e. The molecule has 1 aromatic rings. The van der Waals surface area contributed by atoms with E-state index in [1.807, 2.05) is 6.07 Å². The van der Waals surface area contributed by atoms with Crippen molar-refractivity contribution in [3.8, 4) is 5.75 Å². The summed E-state index contributed by atoms with van der Waals surface area (Å²) in [5, 5.41) is 0. The number of rotatable bonds is 5. The van der Waals surface area contributed by atoms with Crippen LogP contribution in [0.4, 0.5) is 0 Å². The van der Waals surface area contributed by atoms with Crippen LogP contribution in [0.15, 0.2) is 24.3 Å². The first-order valence-corrected chi connectivity index (χ1v) is 8.29. The molecule has 1 saturated heterocycles. The van der Waals surface area contributed by atoms with E-state index in [1.54, 1.807) is 7.11 Å². The lowest BCUT2D eigenvalue weighted by atomic mass is 9.97. The molecule has 3 atom stereocenters. The van der Waals surface area contributed by atoms with Gasteiger partial charge in [0.05, 0.1) is 7.11 Å². The summed E-state index contributed by atoms with van der Waals surface area (Å²) < 4.78 is 5.37. The van der Waals surface area contributed by atoms with Crippen LogP contribution in [0, 0.1) is 5.92 Å². The van der Waals surface area contributed by atoms with Crippen molar-refractivity contribution in [2.75, 3.05) is 20.2 Å². The van der Waals surface area contributed by atoms with Gasteiger partial charge in [-0.2, -0.15) is 0 Å². The van der Waals surface area contributed by atoms with E-state index in [9.17, 15) is 0 Å². The van der Waals surface area contributed by atoms with E-state index in [-0.39, 0.29) is 12.1 Å². The summed E-state index contributed by atoms with van der Waals surface area (Å²) in [7, 11) is 1.72. The van der Waals surface area contributed by atoms with Crippen molar-refractivity contribution in [3.63, 3.8) is 0 Å². The molecule has 1 aliphatic rings. The van der Waals surface area contributed by atoms with Gasteiger partial charge >= 0.3 is 0 Å². The fraction of sp³-hybridized carbons (Fsp3) is 0.667. The van der Waals surface area contributed by atoms with Crippen LogP contribution >= 0.6 is 0 Å². The first-order chi connectivity index (χ1) is 10.2. The fourth-order valence-corrected chi connectivity index (χ4v) is 3.55. The third-order valence-electron chi connectivity index (χ3n) is 4.79. The van der Waals surface area contributed by atoms with E-state index in [2.05, 4.69) is 36.9 Å². The zero-order valence-corrected chi connectivity index (χ0v) is 13.7. The maximum absolute atomic E-state index is 6.33. The number of hydrogen-bond acceptors (Lipinski definition) is 3. The summed E-state index contributed by atoms with van der Waals surface area (Å²) in [6, 6.07) is 8.79. The Balaban J connectivity index is 2.18. The van der Waals surface area contributed by atoms with Gasteiger partial charge in [0.1, 0.15) is 5.75 Å². The van der Waals surface area contributed by atoms with Crippen molar-refractivity contribution >= 4 is 0 Å². The van der Waals surface area contributed by atoms with Gasteiger partial charge in [0.15, 0.2) is 0 Å². The quantitative estimate of drug-likeness (QED) is 0.900. The Morgan fingerprint density at radius 3 is 2.81 bits per heavy atom. The Morgan fingerprint density at radius 2 is 2.14 bits per heavy atom. The van der Waals surface area contributed by atoms with Crippen LogP contribution in [-0.2, 0) is 0 Å². The molecule has 0 spiro atoms. The number of ether oxygens (including phenoxy) is 1. The summed E-state index contributed by atoms with van der Waals surface area (Å²) in [4.78, 5) is 2.58. The zero-order valence-electron chi connectivity index (χ0n) is 13.7. The molecule has 1 aromatic carbocycles. The lowest BCUT2D eigenvalue weighted by Gasteiger charge is -2.34. The molecular weight excluding hydrogens is 260 g/mol. The highest BCUT2D eigenvalue weighted by molar-refractivity contribution is 5.31. The minimum absolute atomic E-state index is 0.121. The molecule has 3 unspecified atom stereocenters. The normalized spacial score (nSPS) is 23.3. The van der Waals surface area contributed by atoms with Gasteiger partial charge in [0, 0.05) is 12.1 Å². The molecule has 118 valence electrons. The Kier molecular flexibility index (Phi) is 6.07. The highest BCUT2D eigenvalue weighted by Gasteiger charge is 2.26. The van der Waals surface area contributed by atoms with Gasteiger partial charge in [-0.15, -0.1) is 0 Å².